The van der Waals surface area contributed by atoms with Gasteiger partial charge in [0.25, 0.3) is 0 Å². The predicted octanol–water partition coefficient (Wildman–Crippen LogP) is 7.94. The number of benzene rings is 4. The molecule has 0 aliphatic carbocycles. The minimum atomic E-state index is -1.13. The standard InChI is InChI=1S/C47H46ClFN8O5/c1-30-35(16-17-40(43(30)48)61-25-24-56-22-20-55(2)21-23-56)45-44(31-12-14-33(49)15-13-31)54-42-28-50-27-41(57(42)45)53-37(47(58)59)26-32-8-4-6-10-38(32)62-29-34-18-19-51-46(52-34)36-9-5-7-11-39(36)60-3/h4-19,27-28,37,53H,20-26,29H2,1-3H3,(H,58,59). The van der Waals surface area contributed by atoms with Crippen LogP contribution in [0.1, 0.15) is 16.8 Å². The van der Waals surface area contributed by atoms with E-state index in [1.165, 1.54) is 12.1 Å². The first-order valence-corrected chi connectivity index (χ1v) is 20.7. The van der Waals surface area contributed by atoms with Crippen LogP contribution in [0, 0.1) is 12.7 Å². The van der Waals surface area contributed by atoms with E-state index in [1.54, 1.807) is 50.0 Å². The first-order chi connectivity index (χ1) is 30.2. The Morgan fingerprint density at radius 1 is 0.887 bits per heavy atom. The molecular formula is C47H46ClFN8O5. The maximum absolute atomic E-state index is 14.2. The van der Waals surface area contributed by atoms with Crippen LogP contribution in [0.3, 0.4) is 0 Å². The second-order valence-electron chi connectivity index (χ2n) is 15.1. The summed E-state index contributed by atoms with van der Waals surface area (Å²) < 4.78 is 34.0. The molecule has 4 heterocycles. The number of rotatable bonds is 16. The van der Waals surface area contributed by atoms with Crippen molar-refractivity contribution < 1.29 is 28.5 Å². The quantitative estimate of drug-likeness (QED) is 0.0976. The molecule has 1 saturated heterocycles. The van der Waals surface area contributed by atoms with E-state index in [1.807, 2.05) is 65.9 Å². The van der Waals surface area contributed by atoms with Crippen molar-refractivity contribution in [2.24, 2.45) is 0 Å². The van der Waals surface area contributed by atoms with Gasteiger partial charge in [-0.3, -0.25) is 14.3 Å². The van der Waals surface area contributed by atoms with Crippen LogP contribution < -0.4 is 19.5 Å². The molecule has 13 nitrogen and oxygen atoms in total. The van der Waals surface area contributed by atoms with Gasteiger partial charge in [0.15, 0.2) is 11.5 Å². The molecule has 0 saturated carbocycles. The fraction of sp³-hybridized carbons (Fsp3) is 0.255. The van der Waals surface area contributed by atoms with Crippen molar-refractivity contribution in [1.29, 1.82) is 0 Å². The number of carboxylic acid groups (broad SMARTS) is 1. The van der Waals surface area contributed by atoms with Gasteiger partial charge in [-0.25, -0.2) is 24.1 Å². The number of carboxylic acids is 1. The number of ether oxygens (including phenoxy) is 3. The van der Waals surface area contributed by atoms with Crippen molar-refractivity contribution in [1.82, 2.24) is 34.1 Å². The molecule has 0 amide bonds. The number of aliphatic carboxylic acids is 1. The number of para-hydroxylation sites is 2. The number of anilines is 1. The minimum absolute atomic E-state index is 0.0536. The lowest BCUT2D eigenvalue weighted by Gasteiger charge is -2.32. The van der Waals surface area contributed by atoms with Gasteiger partial charge in [-0.05, 0) is 85.8 Å². The Bertz CT molecular complexity index is 2690. The van der Waals surface area contributed by atoms with Crippen LogP contribution in [0.5, 0.6) is 17.2 Å². The number of methoxy groups -OCH3 is 1. The van der Waals surface area contributed by atoms with Crippen molar-refractivity contribution in [2.75, 3.05) is 58.8 Å². The molecule has 0 bridgehead atoms. The summed E-state index contributed by atoms with van der Waals surface area (Å²) in [6, 6.07) is 25.3. The number of piperazine rings is 1. The number of hydrogen-bond donors (Lipinski definition) is 2. The minimum Gasteiger partial charge on any atom is -0.496 e. The van der Waals surface area contributed by atoms with E-state index < -0.39 is 12.0 Å². The lowest BCUT2D eigenvalue weighted by atomic mass is 10.00. The summed E-state index contributed by atoms with van der Waals surface area (Å²) in [5.74, 6) is 1.11. The fourth-order valence-electron chi connectivity index (χ4n) is 7.54. The molecule has 1 unspecified atom stereocenters. The number of hydrogen-bond acceptors (Lipinski definition) is 11. The summed E-state index contributed by atoms with van der Waals surface area (Å²) in [7, 11) is 3.73. The first kappa shape index (κ1) is 42.1. The number of fused-ring (bicyclic) bond motifs is 1. The van der Waals surface area contributed by atoms with Crippen molar-refractivity contribution in [3.63, 3.8) is 0 Å². The second kappa shape index (κ2) is 19.0. The highest BCUT2D eigenvalue weighted by Crippen LogP contribution is 2.41. The molecule has 318 valence electrons. The maximum Gasteiger partial charge on any atom is 0.326 e. The zero-order chi connectivity index (χ0) is 43.2. The van der Waals surface area contributed by atoms with Gasteiger partial charge in [0.2, 0.25) is 0 Å². The largest absolute Gasteiger partial charge is 0.496 e. The fourth-order valence-corrected chi connectivity index (χ4v) is 7.76. The Kier molecular flexibility index (Phi) is 12.9. The van der Waals surface area contributed by atoms with Gasteiger partial charge in [0, 0.05) is 56.5 Å². The van der Waals surface area contributed by atoms with Crippen LogP contribution >= 0.6 is 11.6 Å². The van der Waals surface area contributed by atoms with Crippen molar-refractivity contribution >= 4 is 29.0 Å². The molecule has 3 aromatic heterocycles. The van der Waals surface area contributed by atoms with Gasteiger partial charge in [0.1, 0.15) is 48.1 Å². The number of carbonyl (C=O) groups is 1. The summed E-state index contributed by atoms with van der Waals surface area (Å²) in [6.07, 6.45) is 4.88. The zero-order valence-electron chi connectivity index (χ0n) is 34.6. The number of halogens is 2. The van der Waals surface area contributed by atoms with Crippen molar-refractivity contribution in [3.05, 3.63) is 137 Å². The Hall–Kier alpha value is -6.61. The van der Waals surface area contributed by atoms with E-state index in [0.29, 0.717) is 74.4 Å². The summed E-state index contributed by atoms with van der Waals surface area (Å²) >= 11 is 7.06. The molecule has 7 aromatic rings. The highest BCUT2D eigenvalue weighted by atomic mass is 35.5. The Labute approximate surface area is 363 Å². The molecule has 1 fully saturated rings. The normalized spacial score (nSPS) is 13.8. The van der Waals surface area contributed by atoms with E-state index in [0.717, 1.165) is 49.4 Å². The highest BCUT2D eigenvalue weighted by molar-refractivity contribution is 6.33. The highest BCUT2D eigenvalue weighted by Gasteiger charge is 2.26. The van der Waals surface area contributed by atoms with Gasteiger partial charge in [-0.1, -0.05) is 41.9 Å². The van der Waals surface area contributed by atoms with Crippen molar-refractivity contribution in [2.45, 2.75) is 26.0 Å². The van der Waals surface area contributed by atoms with Crippen LogP contribution in [-0.2, 0) is 17.8 Å². The smallest absolute Gasteiger partial charge is 0.326 e. The van der Waals surface area contributed by atoms with E-state index in [2.05, 4.69) is 32.1 Å². The molecule has 0 radical (unpaired) electrons. The average molecular weight is 857 g/mol. The lowest BCUT2D eigenvalue weighted by molar-refractivity contribution is -0.137. The van der Waals surface area contributed by atoms with E-state index >= 15 is 0 Å². The summed E-state index contributed by atoms with van der Waals surface area (Å²) in [5.41, 5.74) is 5.75. The first-order valence-electron chi connectivity index (χ1n) is 20.3. The Balaban J connectivity index is 1.08. The Morgan fingerprint density at radius 2 is 1.65 bits per heavy atom. The molecule has 1 atom stereocenters. The van der Waals surface area contributed by atoms with E-state index in [-0.39, 0.29) is 18.8 Å². The predicted molar refractivity (Wildman–Crippen MR) is 237 cm³/mol. The summed E-state index contributed by atoms with van der Waals surface area (Å²) in [5, 5.41) is 14.4. The topological polar surface area (TPSA) is 139 Å². The number of likely N-dealkylation sites (N-methyl/N-ethyl adjacent to an activating group) is 1. The third-order valence-electron chi connectivity index (χ3n) is 11.0. The van der Waals surface area contributed by atoms with E-state index in [9.17, 15) is 14.3 Å². The summed E-state index contributed by atoms with van der Waals surface area (Å²) in [6.45, 7) is 7.29. The number of nitrogens with zero attached hydrogens (tertiary/aromatic N) is 7. The van der Waals surface area contributed by atoms with Gasteiger partial charge in [-0.15, -0.1) is 0 Å². The molecule has 1 aliphatic rings. The molecule has 8 rings (SSSR count). The molecule has 1 aliphatic heterocycles. The van der Waals surface area contributed by atoms with Crippen LogP contribution in [-0.4, -0.2) is 105 Å². The van der Waals surface area contributed by atoms with Crippen LogP contribution in [0.4, 0.5) is 10.2 Å². The third-order valence-corrected chi connectivity index (χ3v) is 11.4. The molecule has 15 heteroatoms. The molecule has 2 N–H and O–H groups in total. The van der Waals surface area contributed by atoms with Crippen LogP contribution in [0.2, 0.25) is 5.02 Å². The van der Waals surface area contributed by atoms with E-state index in [4.69, 9.17) is 35.8 Å². The SMILES string of the molecule is COc1ccccc1-c1nccc(COc2ccccc2CC(Nc2cncc3nc(-c4ccc(F)cc4)c(-c4ccc(OCCN5CCN(C)CC5)c(Cl)c4C)n23)C(=O)O)n1. The lowest BCUT2D eigenvalue weighted by Crippen LogP contribution is -2.45. The van der Waals surface area contributed by atoms with Gasteiger partial charge >= 0.3 is 5.97 Å². The Morgan fingerprint density at radius 3 is 2.42 bits per heavy atom. The average Bonchev–Trinajstić information content (AvgIpc) is 3.68. The number of imidazole rings is 1. The maximum atomic E-state index is 14.2. The van der Waals surface area contributed by atoms with Gasteiger partial charge < -0.3 is 29.5 Å². The van der Waals surface area contributed by atoms with Gasteiger partial charge in [0.05, 0.1) is 47.2 Å². The third kappa shape index (κ3) is 9.32. The molecular weight excluding hydrogens is 811 g/mol. The summed E-state index contributed by atoms with van der Waals surface area (Å²) in [4.78, 5) is 36.3. The molecule has 4 aromatic carbocycles. The number of aromatic nitrogens is 5. The second-order valence-corrected chi connectivity index (χ2v) is 15.4. The molecule has 62 heavy (non-hydrogen) atoms. The number of nitrogens with one attached hydrogen (secondary N) is 1. The zero-order valence-corrected chi connectivity index (χ0v) is 35.3. The van der Waals surface area contributed by atoms with Crippen LogP contribution in [0.25, 0.3) is 39.5 Å². The van der Waals surface area contributed by atoms with Crippen molar-refractivity contribution in [3.8, 4) is 51.2 Å². The van der Waals surface area contributed by atoms with Gasteiger partial charge in [-0.2, -0.15) is 0 Å². The molecule has 0 spiro atoms. The van der Waals surface area contributed by atoms with Crippen LogP contribution in [0.15, 0.2) is 110 Å². The monoisotopic (exact) mass is 856 g/mol.